The van der Waals surface area contributed by atoms with Gasteiger partial charge in [-0.25, -0.2) is 0 Å². The number of fused-ring (bicyclic) bond motifs is 1. The fraction of sp³-hybridized carbons (Fsp3) is 0.571. The molecule has 0 spiro atoms. The Morgan fingerprint density at radius 3 is 2.57 bits per heavy atom. The van der Waals surface area contributed by atoms with Crippen molar-refractivity contribution in [1.82, 2.24) is 15.1 Å². The van der Waals surface area contributed by atoms with Crippen LogP contribution in [-0.4, -0.2) is 70.9 Å². The minimum Gasteiger partial charge on any atom is -0.504 e. The second-order valence-corrected chi connectivity index (χ2v) is 13.3. The molecule has 7 nitrogen and oxygen atoms in total. The van der Waals surface area contributed by atoms with Gasteiger partial charge in [0.25, 0.3) is 5.91 Å². The molecule has 1 saturated carbocycles. The molecule has 1 aliphatic carbocycles. The zero-order valence-electron chi connectivity index (χ0n) is 26.1. The standard InChI is InChI=1S/C35H49N3O4/c1-24(2)36-29-15-13-27(14-16-29)22-37-17-9-12-30(37)23-38(21-25(3)18-26-10-7-6-8-11-26)34(40)28-19-31(39)33-32(20-28)41-35(4,5)42-33/h6-8,10-11,18-20,24,27,29-30,36,39H,9,12-17,21-23H2,1-5H3/b25-18+/t27?,29?,30-/m1/s1. The Labute approximate surface area is 251 Å². The van der Waals surface area contributed by atoms with Crippen LogP contribution in [0, 0.1) is 5.92 Å². The second-order valence-electron chi connectivity index (χ2n) is 13.3. The number of carbonyl (C=O) groups is 1. The topological polar surface area (TPSA) is 74.3 Å². The van der Waals surface area contributed by atoms with Gasteiger partial charge in [0.05, 0.1) is 0 Å². The van der Waals surface area contributed by atoms with E-state index in [1.807, 2.05) is 23.1 Å². The molecule has 2 heterocycles. The molecular formula is C35H49N3O4. The summed E-state index contributed by atoms with van der Waals surface area (Å²) in [6.45, 7) is 13.5. The first-order chi connectivity index (χ1) is 20.1. The molecule has 0 radical (unpaired) electrons. The maximum Gasteiger partial charge on any atom is 0.254 e. The van der Waals surface area contributed by atoms with E-state index in [-0.39, 0.29) is 11.7 Å². The van der Waals surface area contributed by atoms with Crippen LogP contribution in [0.15, 0.2) is 48.0 Å². The van der Waals surface area contributed by atoms with E-state index >= 15 is 0 Å². The van der Waals surface area contributed by atoms with Crippen molar-refractivity contribution < 1.29 is 19.4 Å². The third-order valence-electron chi connectivity index (χ3n) is 8.76. The Morgan fingerprint density at radius 1 is 1.12 bits per heavy atom. The Hall–Kier alpha value is -3.03. The number of phenols is 1. The maximum atomic E-state index is 14.1. The molecule has 3 aliphatic rings. The number of carbonyl (C=O) groups excluding carboxylic acids is 1. The van der Waals surface area contributed by atoms with Gasteiger partial charge in [0.1, 0.15) is 0 Å². The molecule has 1 saturated heterocycles. The summed E-state index contributed by atoms with van der Waals surface area (Å²) >= 11 is 0. The van der Waals surface area contributed by atoms with E-state index < -0.39 is 5.79 Å². The normalized spacial score (nSPS) is 23.9. The van der Waals surface area contributed by atoms with Crippen LogP contribution in [0.25, 0.3) is 6.08 Å². The van der Waals surface area contributed by atoms with E-state index in [4.69, 9.17) is 9.47 Å². The fourth-order valence-corrected chi connectivity index (χ4v) is 6.91. The van der Waals surface area contributed by atoms with Gasteiger partial charge in [0, 0.05) is 57.2 Å². The van der Waals surface area contributed by atoms with Crippen LogP contribution in [0.3, 0.4) is 0 Å². The number of hydrogen-bond acceptors (Lipinski definition) is 6. The third kappa shape index (κ3) is 7.67. The van der Waals surface area contributed by atoms with Crippen LogP contribution in [0.4, 0.5) is 0 Å². The number of hydrogen-bond donors (Lipinski definition) is 2. The molecule has 2 aliphatic heterocycles. The highest BCUT2D eigenvalue weighted by molar-refractivity contribution is 5.96. The van der Waals surface area contributed by atoms with Gasteiger partial charge in [-0.05, 0) is 75.6 Å². The second kappa shape index (κ2) is 13.1. The highest BCUT2D eigenvalue weighted by atomic mass is 16.7. The molecule has 1 atom stereocenters. The average Bonchev–Trinajstić information content (AvgIpc) is 3.51. The van der Waals surface area contributed by atoms with Crippen molar-refractivity contribution in [2.75, 3.05) is 26.2 Å². The molecule has 5 rings (SSSR count). The third-order valence-corrected chi connectivity index (χ3v) is 8.76. The minimum atomic E-state index is -0.884. The highest BCUT2D eigenvalue weighted by Gasteiger charge is 2.36. The fourth-order valence-electron chi connectivity index (χ4n) is 6.91. The molecule has 1 amide bonds. The first kappa shape index (κ1) is 30.4. The Morgan fingerprint density at radius 2 is 1.86 bits per heavy atom. The van der Waals surface area contributed by atoms with E-state index in [2.05, 4.69) is 49.2 Å². The predicted molar refractivity (Wildman–Crippen MR) is 168 cm³/mol. The van der Waals surface area contributed by atoms with Gasteiger partial charge < -0.3 is 24.8 Å². The summed E-state index contributed by atoms with van der Waals surface area (Å²) in [5, 5.41) is 14.4. The molecule has 2 N–H and O–H groups in total. The summed E-state index contributed by atoms with van der Waals surface area (Å²) in [5.74, 6) is 0.365. The van der Waals surface area contributed by atoms with Crippen molar-refractivity contribution in [2.45, 2.75) is 97.1 Å². The molecule has 2 fully saturated rings. The largest absolute Gasteiger partial charge is 0.504 e. The molecule has 0 bridgehead atoms. The van der Waals surface area contributed by atoms with Crippen molar-refractivity contribution >= 4 is 12.0 Å². The zero-order chi connectivity index (χ0) is 29.9. The molecular weight excluding hydrogens is 526 g/mol. The van der Waals surface area contributed by atoms with Gasteiger partial charge in [-0.2, -0.15) is 0 Å². The molecule has 7 heteroatoms. The summed E-state index contributed by atoms with van der Waals surface area (Å²) in [5.41, 5.74) is 2.65. The van der Waals surface area contributed by atoms with Crippen LogP contribution in [0.5, 0.6) is 17.2 Å². The van der Waals surface area contributed by atoms with Gasteiger partial charge in [0.15, 0.2) is 11.5 Å². The maximum absolute atomic E-state index is 14.1. The molecule has 42 heavy (non-hydrogen) atoms. The smallest absolute Gasteiger partial charge is 0.254 e. The van der Waals surface area contributed by atoms with E-state index in [1.165, 1.54) is 31.7 Å². The first-order valence-electron chi connectivity index (χ1n) is 15.8. The predicted octanol–water partition coefficient (Wildman–Crippen LogP) is 6.47. The van der Waals surface area contributed by atoms with Crippen LogP contribution in [0.2, 0.25) is 0 Å². The molecule has 0 aromatic heterocycles. The van der Waals surface area contributed by atoms with E-state index in [9.17, 15) is 9.90 Å². The summed E-state index contributed by atoms with van der Waals surface area (Å²) in [7, 11) is 0. The van der Waals surface area contributed by atoms with Crippen LogP contribution < -0.4 is 14.8 Å². The van der Waals surface area contributed by atoms with Crippen molar-refractivity contribution in [2.24, 2.45) is 5.92 Å². The van der Waals surface area contributed by atoms with Crippen molar-refractivity contribution in [3.05, 3.63) is 59.2 Å². The van der Waals surface area contributed by atoms with Gasteiger partial charge in [0.2, 0.25) is 11.5 Å². The zero-order valence-corrected chi connectivity index (χ0v) is 26.1. The summed E-state index contributed by atoms with van der Waals surface area (Å²) in [4.78, 5) is 18.7. The van der Waals surface area contributed by atoms with Gasteiger partial charge >= 0.3 is 0 Å². The van der Waals surface area contributed by atoms with Gasteiger partial charge in [-0.3, -0.25) is 9.69 Å². The van der Waals surface area contributed by atoms with Crippen molar-refractivity contribution in [1.29, 1.82) is 0 Å². The average molecular weight is 576 g/mol. The lowest BCUT2D eigenvalue weighted by Crippen LogP contribution is -2.46. The SMILES string of the molecule is C/C(=C\c1ccccc1)CN(C[C@H]1CCCN1CC1CCC(NC(C)C)CC1)C(=O)c1cc(O)c2c(c1)OC(C)(C)O2. The van der Waals surface area contributed by atoms with E-state index in [0.29, 0.717) is 54.2 Å². The number of aromatic hydroxyl groups is 1. The number of nitrogens with zero attached hydrogens (tertiary/aromatic N) is 2. The Balaban J connectivity index is 1.32. The number of amides is 1. The Bertz CT molecular complexity index is 1250. The lowest BCUT2D eigenvalue weighted by molar-refractivity contribution is -0.0439. The molecule has 228 valence electrons. The lowest BCUT2D eigenvalue weighted by Gasteiger charge is -2.36. The van der Waals surface area contributed by atoms with Crippen LogP contribution in [-0.2, 0) is 0 Å². The molecule has 2 aromatic rings. The monoisotopic (exact) mass is 575 g/mol. The van der Waals surface area contributed by atoms with Gasteiger partial charge in [-0.1, -0.05) is 55.8 Å². The minimum absolute atomic E-state index is 0.0667. The highest BCUT2D eigenvalue weighted by Crippen LogP contribution is 2.46. The van der Waals surface area contributed by atoms with Crippen molar-refractivity contribution in [3.8, 4) is 17.2 Å². The number of rotatable bonds is 10. The number of likely N-dealkylation sites (tertiary alicyclic amines) is 1. The summed E-state index contributed by atoms with van der Waals surface area (Å²) in [6.07, 6.45) is 9.44. The van der Waals surface area contributed by atoms with E-state index in [0.717, 1.165) is 37.1 Å². The van der Waals surface area contributed by atoms with Crippen molar-refractivity contribution in [3.63, 3.8) is 0 Å². The molecule has 0 unspecified atom stereocenters. The number of ether oxygens (including phenoxy) is 2. The van der Waals surface area contributed by atoms with Crippen LogP contribution >= 0.6 is 0 Å². The number of benzene rings is 2. The number of nitrogens with one attached hydrogen (secondary N) is 1. The summed E-state index contributed by atoms with van der Waals surface area (Å²) in [6, 6.07) is 15.0. The quantitative estimate of drug-likeness (QED) is 0.339. The van der Waals surface area contributed by atoms with Crippen LogP contribution in [0.1, 0.15) is 89.1 Å². The lowest BCUT2D eigenvalue weighted by atomic mass is 9.85. The Kier molecular flexibility index (Phi) is 9.48. The molecule has 2 aromatic carbocycles. The summed E-state index contributed by atoms with van der Waals surface area (Å²) < 4.78 is 11.6. The van der Waals surface area contributed by atoms with E-state index in [1.54, 1.807) is 19.9 Å². The number of phenolic OH excluding ortho intramolecular Hbond substituents is 1. The first-order valence-corrected chi connectivity index (χ1v) is 15.8. The van der Waals surface area contributed by atoms with Gasteiger partial charge in [-0.15, -0.1) is 0 Å².